The van der Waals surface area contributed by atoms with E-state index in [2.05, 4.69) is 5.32 Å². The van der Waals surface area contributed by atoms with Gasteiger partial charge in [-0.3, -0.25) is 9.59 Å². The van der Waals surface area contributed by atoms with E-state index in [9.17, 15) is 23.1 Å². The minimum absolute atomic E-state index is 0.0353. The van der Waals surface area contributed by atoms with Crippen molar-refractivity contribution in [3.05, 3.63) is 27.8 Å². The van der Waals surface area contributed by atoms with Crippen molar-refractivity contribution in [2.24, 2.45) is 0 Å². The predicted octanol–water partition coefficient (Wildman–Crippen LogP) is 1.11. The molecular weight excluding hydrogens is 378 g/mol. The number of thioether (sulfide) groups is 1. The molecule has 2 aliphatic heterocycles. The average Bonchev–Trinajstić information content (AvgIpc) is 2.90. The number of aromatic hydroxyl groups is 1. The van der Waals surface area contributed by atoms with Crippen molar-refractivity contribution >= 4 is 27.5 Å². The molecule has 3 heterocycles. The quantitative estimate of drug-likeness (QED) is 0.777. The molecule has 0 spiro atoms. The van der Waals surface area contributed by atoms with E-state index in [4.69, 9.17) is 4.42 Å². The molecule has 3 rings (SSSR count). The van der Waals surface area contributed by atoms with Gasteiger partial charge in [0.05, 0.1) is 11.5 Å². The Balaban J connectivity index is 1.85. The van der Waals surface area contributed by atoms with E-state index in [-0.39, 0.29) is 35.6 Å². The van der Waals surface area contributed by atoms with Crippen molar-refractivity contribution in [1.82, 2.24) is 5.32 Å². The predicted molar refractivity (Wildman–Crippen MR) is 99.4 cm³/mol. The Bertz CT molecular complexity index is 854. The molecule has 1 aromatic rings. The molecule has 7 nitrogen and oxygen atoms in total. The van der Waals surface area contributed by atoms with Crippen LogP contribution in [-0.4, -0.2) is 48.5 Å². The van der Waals surface area contributed by atoms with Crippen molar-refractivity contribution in [3.8, 4) is 5.75 Å². The summed E-state index contributed by atoms with van der Waals surface area (Å²) in [5.41, 5.74) is -1.26. The molecule has 1 amide bonds. The molecule has 0 aliphatic carbocycles. The summed E-state index contributed by atoms with van der Waals surface area (Å²) in [5.74, 6) is 1.50. The van der Waals surface area contributed by atoms with Gasteiger partial charge in [0.25, 0.3) is 0 Å². The molecule has 2 N–H and O–H groups in total. The first kappa shape index (κ1) is 19.3. The Morgan fingerprint density at radius 2 is 2.12 bits per heavy atom. The molecule has 144 valence electrons. The third-order valence-corrected chi connectivity index (χ3v) is 7.83. The number of aryl methyl sites for hydroxylation is 1. The maximum Gasteiger partial charge on any atom is 0.227 e. The van der Waals surface area contributed by atoms with Gasteiger partial charge in [0.15, 0.2) is 15.6 Å². The second kappa shape index (κ2) is 7.26. The van der Waals surface area contributed by atoms with Gasteiger partial charge < -0.3 is 14.8 Å². The van der Waals surface area contributed by atoms with Crippen LogP contribution in [0.4, 0.5) is 0 Å². The van der Waals surface area contributed by atoms with Crippen molar-refractivity contribution in [3.63, 3.8) is 0 Å². The van der Waals surface area contributed by atoms with Gasteiger partial charge in [-0.15, -0.1) is 0 Å². The summed E-state index contributed by atoms with van der Waals surface area (Å²) in [4.78, 5) is 24.6. The molecule has 0 saturated carbocycles. The Morgan fingerprint density at radius 3 is 2.73 bits per heavy atom. The van der Waals surface area contributed by atoms with E-state index in [1.807, 2.05) is 0 Å². The molecule has 2 fully saturated rings. The molecule has 0 aromatic carbocycles. The van der Waals surface area contributed by atoms with Crippen LogP contribution in [0, 0.1) is 6.92 Å². The second-order valence-electron chi connectivity index (χ2n) is 7.14. The van der Waals surface area contributed by atoms with Gasteiger partial charge in [0.1, 0.15) is 5.76 Å². The van der Waals surface area contributed by atoms with Gasteiger partial charge in [0.2, 0.25) is 17.1 Å². The van der Waals surface area contributed by atoms with Crippen LogP contribution in [0.2, 0.25) is 0 Å². The average molecular weight is 402 g/mol. The maximum atomic E-state index is 12.6. The zero-order chi connectivity index (χ0) is 18.9. The van der Waals surface area contributed by atoms with Gasteiger partial charge in [-0.25, -0.2) is 8.42 Å². The van der Waals surface area contributed by atoms with E-state index >= 15 is 0 Å². The van der Waals surface area contributed by atoms with E-state index in [1.165, 1.54) is 6.07 Å². The largest absolute Gasteiger partial charge is 0.502 e. The van der Waals surface area contributed by atoms with Gasteiger partial charge in [-0.2, -0.15) is 11.8 Å². The zero-order valence-corrected chi connectivity index (χ0v) is 16.2. The SMILES string of the molecule is Cc1cc(=O)c(O)c(C2(CC(=O)NC3CCS(=O)(=O)C3)CCSCC2)o1. The lowest BCUT2D eigenvalue weighted by molar-refractivity contribution is -0.123. The van der Waals surface area contributed by atoms with Crippen LogP contribution < -0.4 is 10.7 Å². The van der Waals surface area contributed by atoms with E-state index < -0.39 is 26.4 Å². The highest BCUT2D eigenvalue weighted by molar-refractivity contribution is 7.99. The minimum atomic E-state index is -3.08. The van der Waals surface area contributed by atoms with E-state index in [0.29, 0.717) is 25.0 Å². The third kappa shape index (κ3) is 4.09. The molecule has 2 saturated heterocycles. The lowest BCUT2D eigenvalue weighted by Gasteiger charge is -2.36. The van der Waals surface area contributed by atoms with Crippen molar-refractivity contribution < 1.29 is 22.7 Å². The summed E-state index contributed by atoms with van der Waals surface area (Å²) in [5, 5.41) is 13.1. The second-order valence-corrected chi connectivity index (χ2v) is 10.6. The molecule has 1 atom stereocenters. The normalized spacial score (nSPS) is 24.3. The van der Waals surface area contributed by atoms with Gasteiger partial charge in [-0.1, -0.05) is 0 Å². The molecule has 26 heavy (non-hydrogen) atoms. The molecular formula is C17H23NO6S2. The van der Waals surface area contributed by atoms with Gasteiger partial charge in [0, 0.05) is 23.9 Å². The highest BCUT2D eigenvalue weighted by Crippen LogP contribution is 2.44. The van der Waals surface area contributed by atoms with Crippen LogP contribution in [0.15, 0.2) is 15.3 Å². The molecule has 0 radical (unpaired) electrons. The minimum Gasteiger partial charge on any atom is -0.502 e. The Labute approximate surface area is 156 Å². The highest BCUT2D eigenvalue weighted by atomic mass is 32.2. The number of hydrogen-bond donors (Lipinski definition) is 2. The lowest BCUT2D eigenvalue weighted by atomic mass is 9.75. The van der Waals surface area contributed by atoms with Gasteiger partial charge in [-0.05, 0) is 37.7 Å². The Hall–Kier alpha value is -1.48. The number of amides is 1. The fraction of sp³-hybridized carbons (Fsp3) is 0.647. The number of carbonyl (C=O) groups excluding carboxylic acids is 1. The Morgan fingerprint density at radius 1 is 1.42 bits per heavy atom. The first-order valence-electron chi connectivity index (χ1n) is 8.62. The van der Waals surface area contributed by atoms with Crippen LogP contribution >= 0.6 is 11.8 Å². The van der Waals surface area contributed by atoms with Crippen molar-refractivity contribution in [1.29, 1.82) is 0 Å². The summed E-state index contributed by atoms with van der Waals surface area (Å²) in [6, 6.07) is 0.855. The fourth-order valence-corrected chi connectivity index (χ4v) is 6.65. The molecule has 9 heteroatoms. The van der Waals surface area contributed by atoms with Crippen LogP contribution in [-0.2, 0) is 20.0 Å². The van der Waals surface area contributed by atoms with Crippen molar-refractivity contribution in [2.75, 3.05) is 23.0 Å². The summed E-state index contributed by atoms with van der Waals surface area (Å²) < 4.78 is 28.9. The first-order valence-corrected chi connectivity index (χ1v) is 11.6. The number of rotatable bonds is 4. The molecule has 0 bridgehead atoms. The Kier molecular flexibility index (Phi) is 5.39. The van der Waals surface area contributed by atoms with Gasteiger partial charge >= 0.3 is 0 Å². The van der Waals surface area contributed by atoms with E-state index in [0.717, 1.165) is 11.5 Å². The monoisotopic (exact) mass is 401 g/mol. The maximum absolute atomic E-state index is 12.6. The number of hydrogen-bond acceptors (Lipinski definition) is 7. The lowest BCUT2D eigenvalue weighted by Crippen LogP contribution is -2.42. The topological polar surface area (TPSA) is 114 Å². The molecule has 2 aliphatic rings. The highest BCUT2D eigenvalue weighted by Gasteiger charge is 2.42. The molecule has 1 aromatic heterocycles. The van der Waals surface area contributed by atoms with Crippen LogP contribution in [0.1, 0.15) is 37.2 Å². The number of nitrogens with one attached hydrogen (secondary N) is 1. The summed E-state index contributed by atoms with van der Waals surface area (Å²) in [7, 11) is -3.08. The fourth-order valence-electron chi connectivity index (χ4n) is 3.70. The van der Waals surface area contributed by atoms with Crippen molar-refractivity contribution in [2.45, 2.75) is 44.1 Å². The number of carbonyl (C=O) groups is 1. The zero-order valence-electron chi connectivity index (χ0n) is 14.6. The van der Waals surface area contributed by atoms with Crippen LogP contribution in [0.5, 0.6) is 5.75 Å². The summed E-state index contributed by atoms with van der Waals surface area (Å²) in [6.07, 6.45) is 1.69. The smallest absolute Gasteiger partial charge is 0.227 e. The molecule has 1 unspecified atom stereocenters. The van der Waals surface area contributed by atoms with E-state index in [1.54, 1.807) is 18.7 Å². The summed E-state index contributed by atoms with van der Waals surface area (Å²) in [6.45, 7) is 1.64. The standard InChI is InChI=1S/C17H23NO6S2/c1-11-8-13(19)15(21)16(24-11)17(3-5-25-6-4-17)9-14(20)18-12-2-7-26(22,23)10-12/h8,12,21H,2-7,9-10H2,1H3,(H,18,20). The number of sulfone groups is 1. The summed E-state index contributed by atoms with van der Waals surface area (Å²) >= 11 is 1.75. The first-order chi connectivity index (χ1) is 12.2. The van der Waals surface area contributed by atoms with Crippen LogP contribution in [0.25, 0.3) is 0 Å². The third-order valence-electron chi connectivity index (χ3n) is 5.07. The van der Waals surface area contributed by atoms with Crippen LogP contribution in [0.3, 0.4) is 0 Å².